The van der Waals surface area contributed by atoms with Gasteiger partial charge in [-0.1, -0.05) is 24.3 Å². The standard InChI is InChI=1S/C30H31N3O4S/c1-3-14-33-15-13-29-26-20-8-9-23(34)27(26)37-28(29)22(11-12-30(29,36)24(33)17-20)32(2)25(35)10-7-19-5-4-6-21(16-19)31-18-38/h3-10,16,22,24,28,34,36H,1,11-15,17H2,2H3/t22-,24+,28-,29-,30+/m0/s1. The van der Waals surface area contributed by atoms with Crippen molar-refractivity contribution in [2.24, 2.45) is 4.99 Å². The van der Waals surface area contributed by atoms with Gasteiger partial charge in [0.05, 0.1) is 27.9 Å². The molecule has 7 nitrogen and oxygen atoms in total. The van der Waals surface area contributed by atoms with Crippen LogP contribution in [0.15, 0.2) is 60.1 Å². The van der Waals surface area contributed by atoms with Crippen LogP contribution in [0.1, 0.15) is 36.0 Å². The fourth-order valence-corrected chi connectivity index (χ4v) is 7.69. The molecular weight excluding hydrogens is 498 g/mol. The van der Waals surface area contributed by atoms with Gasteiger partial charge in [0.25, 0.3) is 0 Å². The van der Waals surface area contributed by atoms with Crippen molar-refractivity contribution >= 4 is 35.0 Å². The number of likely N-dealkylation sites (N-methyl/N-ethyl adjacent to an activating group) is 1. The van der Waals surface area contributed by atoms with Gasteiger partial charge in [-0.25, -0.2) is 0 Å². The van der Waals surface area contributed by atoms with Crippen molar-refractivity contribution in [1.82, 2.24) is 9.80 Å². The van der Waals surface area contributed by atoms with Crippen LogP contribution in [-0.4, -0.2) is 75.0 Å². The summed E-state index contributed by atoms with van der Waals surface area (Å²) in [5, 5.41) is 25.6. The van der Waals surface area contributed by atoms with E-state index in [1.165, 1.54) is 0 Å². The van der Waals surface area contributed by atoms with Gasteiger partial charge >= 0.3 is 0 Å². The van der Waals surface area contributed by atoms with Crippen molar-refractivity contribution < 1.29 is 19.7 Å². The summed E-state index contributed by atoms with van der Waals surface area (Å²) in [6.45, 7) is 5.43. The third-order valence-electron chi connectivity index (χ3n) is 9.21. The van der Waals surface area contributed by atoms with Crippen LogP contribution < -0.4 is 4.74 Å². The summed E-state index contributed by atoms with van der Waals surface area (Å²) < 4.78 is 6.56. The molecule has 2 aromatic carbocycles. The zero-order valence-electron chi connectivity index (χ0n) is 21.3. The molecule has 2 aliphatic heterocycles. The van der Waals surface area contributed by atoms with Crippen molar-refractivity contribution in [2.45, 2.75) is 54.9 Å². The number of rotatable bonds is 6. The number of isothiocyanates is 1. The molecule has 2 fully saturated rings. The minimum atomic E-state index is -1.02. The van der Waals surface area contributed by atoms with E-state index in [2.05, 4.69) is 21.6 Å². The number of nitrogens with zero attached hydrogens (tertiary/aromatic N) is 3. The number of carbonyl (C=O) groups is 1. The number of phenols is 1. The van der Waals surface area contributed by atoms with Gasteiger partial charge in [0, 0.05) is 31.3 Å². The van der Waals surface area contributed by atoms with E-state index >= 15 is 0 Å². The van der Waals surface area contributed by atoms with E-state index in [0.29, 0.717) is 43.7 Å². The van der Waals surface area contributed by atoms with Gasteiger partial charge in [-0.2, -0.15) is 4.99 Å². The highest BCUT2D eigenvalue weighted by atomic mass is 32.1. The Morgan fingerprint density at radius 3 is 3.00 bits per heavy atom. The van der Waals surface area contributed by atoms with E-state index in [0.717, 1.165) is 23.2 Å². The summed E-state index contributed by atoms with van der Waals surface area (Å²) in [6, 6.07) is 10.7. The number of aromatic hydroxyl groups is 1. The van der Waals surface area contributed by atoms with Gasteiger partial charge in [0.15, 0.2) is 11.5 Å². The predicted octanol–water partition coefficient (Wildman–Crippen LogP) is 4.01. The number of benzene rings is 2. The molecule has 2 N–H and O–H groups in total. The minimum absolute atomic E-state index is 0.0764. The number of hydrogen-bond donors (Lipinski definition) is 2. The number of phenolic OH excluding ortho intramolecular Hbond substituents is 1. The van der Waals surface area contributed by atoms with E-state index < -0.39 is 17.1 Å². The lowest BCUT2D eigenvalue weighted by Gasteiger charge is -2.64. The van der Waals surface area contributed by atoms with Gasteiger partial charge in [0.1, 0.15) is 6.10 Å². The second kappa shape index (κ2) is 9.17. The fraction of sp³-hybridized carbons (Fsp3) is 0.400. The number of likely N-dealkylation sites (tertiary alicyclic amines) is 1. The maximum Gasteiger partial charge on any atom is 0.246 e. The van der Waals surface area contributed by atoms with E-state index in [1.807, 2.05) is 36.4 Å². The molecule has 38 heavy (non-hydrogen) atoms. The molecule has 2 aliphatic carbocycles. The Labute approximate surface area is 227 Å². The maximum atomic E-state index is 13.4. The molecule has 5 atom stereocenters. The molecule has 0 radical (unpaired) electrons. The Morgan fingerprint density at radius 2 is 2.21 bits per heavy atom. The second-order valence-electron chi connectivity index (χ2n) is 10.8. The van der Waals surface area contributed by atoms with E-state index in [4.69, 9.17) is 17.0 Å². The average molecular weight is 530 g/mol. The molecule has 2 bridgehead atoms. The van der Waals surface area contributed by atoms with Gasteiger partial charge in [-0.3, -0.25) is 9.69 Å². The number of hydrogen-bond acceptors (Lipinski definition) is 7. The first-order valence-corrected chi connectivity index (χ1v) is 13.5. The number of aliphatic imine (C=N–C) groups is 1. The SMILES string of the molecule is C=CCN1CC[C@]23c4c5ccc(O)c4O[C@H]2[C@@H](N(C)C(=O)C=Cc2cccc(N=C=S)c2)CC[C@@]3(O)[C@H]1C5. The first-order valence-electron chi connectivity index (χ1n) is 13.1. The highest BCUT2D eigenvalue weighted by molar-refractivity contribution is 7.78. The van der Waals surface area contributed by atoms with Crippen molar-refractivity contribution in [2.75, 3.05) is 20.1 Å². The number of ether oxygens (including phenoxy) is 1. The quantitative estimate of drug-likeness (QED) is 0.255. The number of carbonyl (C=O) groups excluding carboxylic acids is 1. The van der Waals surface area contributed by atoms with Crippen LogP contribution in [-0.2, 0) is 16.6 Å². The highest BCUT2D eigenvalue weighted by Crippen LogP contribution is 2.65. The summed E-state index contributed by atoms with van der Waals surface area (Å²) in [5.41, 5.74) is 1.85. The van der Waals surface area contributed by atoms with Crippen LogP contribution in [0.3, 0.4) is 0 Å². The summed E-state index contributed by atoms with van der Waals surface area (Å²) in [5.74, 6) is 0.412. The predicted molar refractivity (Wildman–Crippen MR) is 149 cm³/mol. The summed E-state index contributed by atoms with van der Waals surface area (Å²) in [6.07, 6.45) is 7.27. The lowest BCUT2D eigenvalue weighted by molar-refractivity contribution is -0.198. The Bertz CT molecular complexity index is 1400. The van der Waals surface area contributed by atoms with Crippen molar-refractivity contribution in [1.29, 1.82) is 0 Å². The van der Waals surface area contributed by atoms with Gasteiger partial charge < -0.3 is 19.8 Å². The topological polar surface area (TPSA) is 85.6 Å². The molecule has 6 rings (SSSR count). The second-order valence-corrected chi connectivity index (χ2v) is 11.0. The van der Waals surface area contributed by atoms with Crippen LogP contribution in [0.5, 0.6) is 11.5 Å². The minimum Gasteiger partial charge on any atom is -0.504 e. The molecule has 1 saturated carbocycles. The number of amides is 1. The molecule has 0 unspecified atom stereocenters. The number of aliphatic hydroxyl groups is 1. The van der Waals surface area contributed by atoms with Crippen molar-refractivity contribution in [3.8, 4) is 11.5 Å². The maximum absolute atomic E-state index is 13.4. The zero-order chi connectivity index (χ0) is 26.7. The molecule has 0 aromatic heterocycles. The summed E-state index contributed by atoms with van der Waals surface area (Å²) in [4.78, 5) is 21.5. The lowest BCUT2D eigenvalue weighted by Crippen LogP contribution is -2.78. The molecule has 196 valence electrons. The van der Waals surface area contributed by atoms with Crippen LogP contribution in [0, 0.1) is 0 Å². The van der Waals surface area contributed by atoms with E-state index in [9.17, 15) is 15.0 Å². The zero-order valence-corrected chi connectivity index (χ0v) is 22.2. The first-order chi connectivity index (χ1) is 18.3. The first kappa shape index (κ1) is 25.0. The lowest BCUT2D eigenvalue weighted by atomic mass is 9.48. The molecule has 1 spiro atoms. The third kappa shape index (κ3) is 3.45. The monoisotopic (exact) mass is 529 g/mol. The summed E-state index contributed by atoms with van der Waals surface area (Å²) in [7, 11) is 1.80. The largest absolute Gasteiger partial charge is 0.504 e. The Morgan fingerprint density at radius 1 is 1.37 bits per heavy atom. The van der Waals surface area contributed by atoms with E-state index in [-0.39, 0.29) is 23.7 Å². The van der Waals surface area contributed by atoms with Gasteiger partial charge in [0.2, 0.25) is 5.91 Å². The molecule has 4 aliphatic rings. The summed E-state index contributed by atoms with van der Waals surface area (Å²) >= 11 is 4.69. The molecule has 1 saturated heterocycles. The third-order valence-corrected chi connectivity index (χ3v) is 9.31. The van der Waals surface area contributed by atoms with Crippen LogP contribution in [0.2, 0.25) is 0 Å². The van der Waals surface area contributed by atoms with Crippen LogP contribution in [0.4, 0.5) is 5.69 Å². The normalized spacial score (nSPS) is 30.7. The molecule has 2 heterocycles. The number of thiocarbonyl (C=S) groups is 1. The van der Waals surface area contributed by atoms with Crippen molar-refractivity contribution in [3.05, 3.63) is 71.8 Å². The Balaban J connectivity index is 1.35. The molecule has 1 amide bonds. The highest BCUT2D eigenvalue weighted by Gasteiger charge is 2.73. The van der Waals surface area contributed by atoms with E-state index in [1.54, 1.807) is 30.2 Å². The van der Waals surface area contributed by atoms with Crippen LogP contribution in [0.25, 0.3) is 6.08 Å². The fourth-order valence-electron chi connectivity index (χ4n) is 7.58. The van der Waals surface area contributed by atoms with Crippen LogP contribution >= 0.6 is 12.2 Å². The Hall–Kier alpha value is -3.29. The molecule has 2 aromatic rings. The Kier molecular flexibility index (Phi) is 6.04. The van der Waals surface area contributed by atoms with Crippen molar-refractivity contribution in [3.63, 3.8) is 0 Å². The number of piperidine rings is 1. The van der Waals surface area contributed by atoms with Gasteiger partial charge in [-0.05, 0) is 79.8 Å². The molecule has 8 heteroatoms. The average Bonchev–Trinajstić information content (AvgIpc) is 3.26. The molecular formula is C30H31N3O4S. The smallest absolute Gasteiger partial charge is 0.246 e. The van der Waals surface area contributed by atoms with Gasteiger partial charge in [-0.15, -0.1) is 6.58 Å².